The molecule has 1 N–H and O–H groups in total. The van der Waals surface area contributed by atoms with E-state index in [-0.39, 0.29) is 11.9 Å². The summed E-state index contributed by atoms with van der Waals surface area (Å²) in [5, 5.41) is 4.17. The Hall–Kier alpha value is -1.57. The van der Waals surface area contributed by atoms with Crippen molar-refractivity contribution in [1.82, 2.24) is 25.1 Å². The highest BCUT2D eigenvalue weighted by atomic mass is 32.1. The highest BCUT2D eigenvalue weighted by Gasteiger charge is 2.20. The third kappa shape index (κ3) is 5.70. The third-order valence-corrected chi connectivity index (χ3v) is 5.83. The summed E-state index contributed by atoms with van der Waals surface area (Å²) >= 11 is 1.47. The van der Waals surface area contributed by atoms with Crippen molar-refractivity contribution in [2.45, 2.75) is 46.6 Å². The lowest BCUT2D eigenvalue weighted by atomic mass is 10.1. The Labute approximate surface area is 167 Å². The maximum Gasteiger partial charge on any atom is 0.261 e. The van der Waals surface area contributed by atoms with Crippen molar-refractivity contribution in [1.29, 1.82) is 0 Å². The van der Waals surface area contributed by atoms with E-state index in [0.717, 1.165) is 64.7 Å². The van der Waals surface area contributed by atoms with Gasteiger partial charge < -0.3 is 15.1 Å². The van der Waals surface area contributed by atoms with E-state index >= 15 is 0 Å². The molecule has 0 unspecified atom stereocenters. The van der Waals surface area contributed by atoms with Gasteiger partial charge in [0.05, 0.1) is 4.88 Å². The Bertz CT molecular complexity index is 786. The van der Waals surface area contributed by atoms with Gasteiger partial charge in [-0.3, -0.25) is 4.79 Å². The van der Waals surface area contributed by atoms with Gasteiger partial charge >= 0.3 is 0 Å². The fourth-order valence-corrected chi connectivity index (χ4v) is 4.47. The van der Waals surface area contributed by atoms with Crippen molar-refractivity contribution in [2.75, 3.05) is 40.8 Å². The lowest BCUT2D eigenvalue weighted by molar-refractivity contribution is 0.0935. The van der Waals surface area contributed by atoms with Gasteiger partial charge in [-0.1, -0.05) is 6.92 Å². The Morgan fingerprint density at radius 2 is 1.89 bits per heavy atom. The summed E-state index contributed by atoms with van der Waals surface area (Å²) in [6.45, 7) is 11.0. The molecule has 0 bridgehead atoms. The van der Waals surface area contributed by atoms with Crippen LogP contribution in [0.5, 0.6) is 0 Å². The Kier molecular flexibility index (Phi) is 7.70. The fraction of sp³-hybridized carbons (Fsp3) is 0.650. The van der Waals surface area contributed by atoms with Crippen LogP contribution >= 0.6 is 11.3 Å². The standard InChI is InChI=1S/C20H33N5OS/c1-8-16-22-15(4)17-14(3)18(27-20(17)23-16)19(26)21-13(2)12-25(7)11-9-10-24(5)6/h13H,8-12H2,1-7H3,(H,21,26)/t13-/m0/s1. The zero-order valence-corrected chi connectivity index (χ0v) is 18.5. The van der Waals surface area contributed by atoms with Gasteiger partial charge in [0.2, 0.25) is 0 Å². The van der Waals surface area contributed by atoms with Gasteiger partial charge in [-0.2, -0.15) is 0 Å². The van der Waals surface area contributed by atoms with Crippen LogP contribution in [0.15, 0.2) is 0 Å². The summed E-state index contributed by atoms with van der Waals surface area (Å²) < 4.78 is 0. The molecule has 0 aliphatic heterocycles. The molecule has 1 amide bonds. The first kappa shape index (κ1) is 21.7. The fourth-order valence-electron chi connectivity index (χ4n) is 3.32. The first-order valence-corrected chi connectivity index (χ1v) is 10.4. The highest BCUT2D eigenvalue weighted by Crippen LogP contribution is 2.31. The zero-order chi connectivity index (χ0) is 20.1. The largest absolute Gasteiger partial charge is 0.348 e. The van der Waals surface area contributed by atoms with Crippen molar-refractivity contribution in [3.63, 3.8) is 0 Å². The Morgan fingerprint density at radius 3 is 2.52 bits per heavy atom. The van der Waals surface area contributed by atoms with Gasteiger partial charge in [0.25, 0.3) is 5.91 Å². The highest BCUT2D eigenvalue weighted by molar-refractivity contribution is 7.20. The third-order valence-electron chi connectivity index (χ3n) is 4.65. The van der Waals surface area contributed by atoms with Crippen molar-refractivity contribution in [2.24, 2.45) is 0 Å². The second-order valence-electron chi connectivity index (χ2n) is 7.61. The topological polar surface area (TPSA) is 61.4 Å². The van der Waals surface area contributed by atoms with Crippen LogP contribution in [0.4, 0.5) is 0 Å². The van der Waals surface area contributed by atoms with Gasteiger partial charge in [0.1, 0.15) is 10.7 Å². The number of nitrogens with zero attached hydrogens (tertiary/aromatic N) is 4. The van der Waals surface area contributed by atoms with Crippen LogP contribution in [0.25, 0.3) is 10.2 Å². The molecule has 1 atom stereocenters. The predicted molar refractivity (Wildman–Crippen MR) is 114 cm³/mol. The molecule has 0 saturated heterocycles. The number of aryl methyl sites for hydroxylation is 3. The maximum atomic E-state index is 12.8. The van der Waals surface area contributed by atoms with Crippen LogP contribution < -0.4 is 5.32 Å². The number of thiophene rings is 1. The quantitative estimate of drug-likeness (QED) is 0.712. The van der Waals surface area contributed by atoms with Crippen LogP contribution in [-0.4, -0.2) is 72.5 Å². The molecule has 0 aromatic carbocycles. The lowest BCUT2D eigenvalue weighted by Crippen LogP contribution is -2.41. The van der Waals surface area contributed by atoms with Gasteiger partial charge in [0.15, 0.2) is 0 Å². The minimum atomic E-state index is -0.0119. The van der Waals surface area contributed by atoms with E-state index in [1.807, 2.05) is 20.8 Å². The number of hydrogen-bond acceptors (Lipinski definition) is 6. The number of carbonyl (C=O) groups excluding carboxylic acids is 1. The van der Waals surface area contributed by atoms with Gasteiger partial charge in [-0.25, -0.2) is 9.97 Å². The Balaban J connectivity index is 2.03. The van der Waals surface area contributed by atoms with Gasteiger partial charge in [-0.15, -0.1) is 11.3 Å². The Morgan fingerprint density at radius 1 is 1.19 bits per heavy atom. The van der Waals surface area contributed by atoms with E-state index in [0.29, 0.717) is 0 Å². The van der Waals surface area contributed by atoms with Crippen LogP contribution in [-0.2, 0) is 6.42 Å². The van der Waals surface area contributed by atoms with Crippen molar-refractivity contribution in [3.8, 4) is 0 Å². The number of rotatable bonds is 9. The average molecular weight is 392 g/mol. The molecule has 0 fully saturated rings. The molecule has 6 nitrogen and oxygen atoms in total. The minimum absolute atomic E-state index is 0.0119. The molecule has 150 valence electrons. The molecular weight excluding hydrogens is 358 g/mol. The number of carbonyl (C=O) groups is 1. The summed E-state index contributed by atoms with van der Waals surface area (Å²) in [6.07, 6.45) is 1.92. The molecule has 2 rings (SSSR count). The van der Waals surface area contributed by atoms with Crippen LogP contribution in [0.3, 0.4) is 0 Å². The van der Waals surface area contributed by atoms with E-state index in [1.165, 1.54) is 11.3 Å². The first-order chi connectivity index (χ1) is 12.7. The number of hydrogen-bond donors (Lipinski definition) is 1. The molecule has 7 heteroatoms. The molecule has 0 radical (unpaired) electrons. The number of amides is 1. The van der Waals surface area contributed by atoms with E-state index < -0.39 is 0 Å². The molecule has 2 heterocycles. The van der Waals surface area contributed by atoms with Gasteiger partial charge in [-0.05, 0) is 67.0 Å². The number of aromatic nitrogens is 2. The summed E-state index contributed by atoms with van der Waals surface area (Å²) in [5.41, 5.74) is 1.94. The number of fused-ring (bicyclic) bond motifs is 1. The summed E-state index contributed by atoms with van der Waals surface area (Å²) in [5.74, 6) is 0.822. The first-order valence-electron chi connectivity index (χ1n) is 9.63. The summed E-state index contributed by atoms with van der Waals surface area (Å²) in [4.78, 5) is 28.1. The average Bonchev–Trinajstić information content (AvgIpc) is 2.91. The molecule has 27 heavy (non-hydrogen) atoms. The molecule has 0 saturated carbocycles. The molecule has 0 aliphatic carbocycles. The SMILES string of the molecule is CCc1nc(C)c2c(C)c(C(=O)N[C@@H](C)CN(C)CCCN(C)C)sc2n1. The molecule has 2 aromatic rings. The van der Waals surface area contributed by atoms with E-state index in [9.17, 15) is 4.79 Å². The maximum absolute atomic E-state index is 12.8. The zero-order valence-electron chi connectivity index (χ0n) is 17.7. The molecule has 2 aromatic heterocycles. The lowest BCUT2D eigenvalue weighted by Gasteiger charge is -2.22. The van der Waals surface area contributed by atoms with E-state index in [1.54, 1.807) is 0 Å². The van der Waals surface area contributed by atoms with E-state index in [2.05, 4.69) is 53.2 Å². The molecule has 0 aliphatic rings. The monoisotopic (exact) mass is 391 g/mol. The molecular formula is C20H33N5OS. The normalized spacial score (nSPS) is 12.9. The van der Waals surface area contributed by atoms with Gasteiger partial charge in [0, 0.05) is 30.1 Å². The second-order valence-corrected chi connectivity index (χ2v) is 8.61. The van der Waals surface area contributed by atoms with Crippen molar-refractivity contribution in [3.05, 3.63) is 22.0 Å². The van der Waals surface area contributed by atoms with Crippen LogP contribution in [0.1, 0.15) is 47.0 Å². The second kappa shape index (κ2) is 9.57. The summed E-state index contributed by atoms with van der Waals surface area (Å²) in [7, 11) is 6.28. The minimum Gasteiger partial charge on any atom is -0.348 e. The van der Waals surface area contributed by atoms with Crippen molar-refractivity contribution >= 4 is 27.5 Å². The molecule has 0 spiro atoms. The van der Waals surface area contributed by atoms with Crippen LogP contribution in [0, 0.1) is 13.8 Å². The summed E-state index contributed by atoms with van der Waals surface area (Å²) in [6, 6.07) is 0.0878. The van der Waals surface area contributed by atoms with Crippen molar-refractivity contribution < 1.29 is 4.79 Å². The smallest absolute Gasteiger partial charge is 0.261 e. The number of nitrogens with one attached hydrogen (secondary N) is 1. The van der Waals surface area contributed by atoms with Crippen LogP contribution in [0.2, 0.25) is 0 Å². The predicted octanol–water partition coefficient (Wildman–Crippen LogP) is 2.87. The number of likely N-dealkylation sites (N-methyl/N-ethyl adjacent to an activating group) is 1. The van der Waals surface area contributed by atoms with E-state index in [4.69, 9.17) is 0 Å².